The van der Waals surface area contributed by atoms with E-state index in [-0.39, 0.29) is 11.6 Å². The zero-order chi connectivity index (χ0) is 15.5. The number of rotatable bonds is 4. The van der Waals surface area contributed by atoms with E-state index in [2.05, 4.69) is 20.6 Å². The summed E-state index contributed by atoms with van der Waals surface area (Å²) in [7, 11) is 1.50. The van der Waals surface area contributed by atoms with Crippen molar-refractivity contribution in [1.82, 2.24) is 9.97 Å². The summed E-state index contributed by atoms with van der Waals surface area (Å²) in [5, 5.41) is 5.50. The topological polar surface area (TPSA) is 49.8 Å². The first kappa shape index (κ1) is 15.4. The number of hydrogen-bond donors (Lipinski definition) is 2. The van der Waals surface area contributed by atoms with E-state index in [0.29, 0.717) is 5.69 Å². The molecule has 0 amide bonds. The Kier molecular flexibility index (Phi) is 4.56. The minimum absolute atomic E-state index is 0.0863. The molecule has 2 rings (SSSR count). The quantitative estimate of drug-likeness (QED) is 0.835. The van der Waals surface area contributed by atoms with Gasteiger partial charge in [0.2, 0.25) is 5.82 Å². The van der Waals surface area contributed by atoms with Crippen LogP contribution in [0.1, 0.15) is 5.82 Å². The van der Waals surface area contributed by atoms with Gasteiger partial charge in [0.1, 0.15) is 11.6 Å². The van der Waals surface area contributed by atoms with E-state index in [0.717, 1.165) is 4.90 Å². The van der Waals surface area contributed by atoms with Crippen LogP contribution >= 0.6 is 11.8 Å². The van der Waals surface area contributed by atoms with Crippen molar-refractivity contribution in [2.24, 2.45) is 0 Å². The van der Waals surface area contributed by atoms with Crippen molar-refractivity contribution in [1.29, 1.82) is 0 Å². The third-order valence-electron chi connectivity index (χ3n) is 2.61. The molecule has 2 N–H and O–H groups in total. The van der Waals surface area contributed by atoms with Crippen molar-refractivity contribution in [2.45, 2.75) is 11.1 Å². The van der Waals surface area contributed by atoms with Crippen molar-refractivity contribution in [2.75, 3.05) is 23.9 Å². The van der Waals surface area contributed by atoms with E-state index in [1.165, 1.54) is 24.9 Å². The van der Waals surface area contributed by atoms with Crippen LogP contribution in [0.2, 0.25) is 0 Å². The Labute approximate surface area is 124 Å². The molecule has 4 nitrogen and oxygen atoms in total. The molecule has 21 heavy (non-hydrogen) atoms. The molecule has 112 valence electrons. The molecule has 1 heterocycles. The molecule has 2 aromatic rings. The number of aromatic nitrogens is 2. The highest BCUT2D eigenvalue weighted by Gasteiger charge is 2.35. The van der Waals surface area contributed by atoms with Crippen molar-refractivity contribution < 1.29 is 13.2 Å². The zero-order valence-electron chi connectivity index (χ0n) is 11.3. The minimum Gasteiger partial charge on any atom is -0.373 e. The molecule has 1 aromatic heterocycles. The first-order valence-electron chi connectivity index (χ1n) is 5.98. The van der Waals surface area contributed by atoms with Gasteiger partial charge in [-0.1, -0.05) is 12.1 Å². The van der Waals surface area contributed by atoms with Gasteiger partial charge < -0.3 is 10.6 Å². The smallest absolute Gasteiger partial charge is 0.373 e. The Balaban J connectivity index is 2.39. The number of thioether (sulfide) groups is 1. The highest BCUT2D eigenvalue weighted by molar-refractivity contribution is 7.98. The third-order valence-corrected chi connectivity index (χ3v) is 3.40. The van der Waals surface area contributed by atoms with Crippen LogP contribution in [0.25, 0.3) is 0 Å². The van der Waals surface area contributed by atoms with Crippen molar-refractivity contribution in [3.05, 3.63) is 36.2 Å². The molecule has 0 aliphatic carbocycles. The lowest BCUT2D eigenvalue weighted by Gasteiger charge is -2.13. The molecule has 0 saturated heterocycles. The Morgan fingerprint density at radius 2 is 1.76 bits per heavy atom. The second-order valence-electron chi connectivity index (χ2n) is 4.04. The van der Waals surface area contributed by atoms with Gasteiger partial charge in [0.05, 0.1) is 5.69 Å². The summed E-state index contributed by atoms with van der Waals surface area (Å²) in [5.74, 6) is -0.997. The number of para-hydroxylation sites is 1. The van der Waals surface area contributed by atoms with E-state index in [1.807, 2.05) is 18.4 Å². The molecule has 0 spiro atoms. The second kappa shape index (κ2) is 6.21. The lowest BCUT2D eigenvalue weighted by Crippen LogP contribution is -2.13. The van der Waals surface area contributed by atoms with E-state index in [4.69, 9.17) is 0 Å². The summed E-state index contributed by atoms with van der Waals surface area (Å²) in [6, 6.07) is 8.73. The molecule has 1 aromatic carbocycles. The van der Waals surface area contributed by atoms with Gasteiger partial charge in [-0.25, -0.2) is 9.97 Å². The molecule has 8 heteroatoms. The number of hydrogen-bond acceptors (Lipinski definition) is 5. The number of nitrogens with zero attached hydrogens (tertiary/aromatic N) is 2. The fourth-order valence-corrected chi connectivity index (χ4v) is 2.21. The Hall–Kier alpha value is -1.96. The van der Waals surface area contributed by atoms with Crippen LogP contribution in [0.4, 0.5) is 30.5 Å². The molecule has 0 unspecified atom stereocenters. The van der Waals surface area contributed by atoms with Gasteiger partial charge in [-0.3, -0.25) is 0 Å². The first-order chi connectivity index (χ1) is 9.94. The van der Waals surface area contributed by atoms with E-state index >= 15 is 0 Å². The molecule has 0 aliphatic heterocycles. The second-order valence-corrected chi connectivity index (χ2v) is 4.88. The molecule has 0 radical (unpaired) electrons. The highest BCUT2D eigenvalue weighted by Crippen LogP contribution is 2.31. The van der Waals surface area contributed by atoms with Gasteiger partial charge in [0, 0.05) is 18.0 Å². The van der Waals surface area contributed by atoms with Gasteiger partial charge in [-0.2, -0.15) is 13.2 Å². The van der Waals surface area contributed by atoms with Crippen LogP contribution < -0.4 is 10.6 Å². The van der Waals surface area contributed by atoms with Crippen LogP contribution in [-0.4, -0.2) is 23.3 Å². The fourth-order valence-electron chi connectivity index (χ4n) is 1.65. The largest absolute Gasteiger partial charge is 0.451 e. The number of nitrogens with one attached hydrogen (secondary N) is 2. The average Bonchev–Trinajstić information content (AvgIpc) is 2.46. The lowest BCUT2D eigenvalue weighted by molar-refractivity contribution is -0.144. The standard InChI is InChI=1S/C13H13F3N4S/c1-17-10-7-11(20-12(19-10)13(14,15)16)18-8-5-3-4-6-9(8)21-2/h3-7H,1-2H3,(H2,17,18,19,20). The first-order valence-corrected chi connectivity index (χ1v) is 7.20. The predicted octanol–water partition coefficient (Wildman–Crippen LogP) is 4.00. The monoisotopic (exact) mass is 314 g/mol. The van der Waals surface area contributed by atoms with Crippen LogP contribution in [0, 0.1) is 0 Å². The van der Waals surface area contributed by atoms with Gasteiger partial charge in [0.15, 0.2) is 0 Å². The van der Waals surface area contributed by atoms with Crippen molar-refractivity contribution in [3.8, 4) is 0 Å². The SMILES string of the molecule is CNc1cc(Nc2ccccc2SC)nc(C(F)(F)F)n1. The summed E-state index contributed by atoms with van der Waals surface area (Å²) in [4.78, 5) is 7.85. The molecular weight excluding hydrogens is 301 g/mol. The Morgan fingerprint density at radius 3 is 2.38 bits per heavy atom. The lowest BCUT2D eigenvalue weighted by atomic mass is 10.3. The van der Waals surface area contributed by atoms with Crippen LogP contribution in [0.5, 0.6) is 0 Å². The number of alkyl halides is 3. The van der Waals surface area contributed by atoms with Crippen LogP contribution in [0.3, 0.4) is 0 Å². The van der Waals surface area contributed by atoms with Crippen molar-refractivity contribution >= 4 is 29.1 Å². The van der Waals surface area contributed by atoms with Gasteiger partial charge in [0.25, 0.3) is 0 Å². The Morgan fingerprint density at radius 1 is 1.10 bits per heavy atom. The maximum absolute atomic E-state index is 12.8. The molecule has 0 saturated carbocycles. The summed E-state index contributed by atoms with van der Waals surface area (Å²) in [6.45, 7) is 0. The zero-order valence-corrected chi connectivity index (χ0v) is 12.1. The maximum Gasteiger partial charge on any atom is 0.451 e. The average molecular weight is 314 g/mol. The summed E-state index contributed by atoms with van der Waals surface area (Å²) in [6.07, 6.45) is -2.71. The summed E-state index contributed by atoms with van der Waals surface area (Å²) >= 11 is 1.49. The molecule has 0 fully saturated rings. The van der Waals surface area contributed by atoms with Gasteiger partial charge in [-0.15, -0.1) is 11.8 Å². The predicted molar refractivity (Wildman–Crippen MR) is 78.1 cm³/mol. The number of halogens is 3. The third kappa shape index (κ3) is 3.78. The normalized spacial score (nSPS) is 11.3. The van der Waals surface area contributed by atoms with Gasteiger partial charge >= 0.3 is 6.18 Å². The van der Waals surface area contributed by atoms with E-state index in [1.54, 1.807) is 12.1 Å². The summed E-state index contributed by atoms with van der Waals surface area (Å²) < 4.78 is 38.4. The summed E-state index contributed by atoms with van der Waals surface area (Å²) in [5.41, 5.74) is 0.693. The highest BCUT2D eigenvalue weighted by atomic mass is 32.2. The van der Waals surface area contributed by atoms with Crippen LogP contribution in [-0.2, 0) is 6.18 Å². The van der Waals surface area contributed by atoms with Gasteiger partial charge in [-0.05, 0) is 18.4 Å². The van der Waals surface area contributed by atoms with E-state index < -0.39 is 12.0 Å². The maximum atomic E-state index is 12.8. The molecule has 0 atom stereocenters. The minimum atomic E-state index is -4.59. The fraction of sp³-hybridized carbons (Fsp3) is 0.231. The van der Waals surface area contributed by atoms with Crippen molar-refractivity contribution in [3.63, 3.8) is 0 Å². The number of anilines is 3. The van der Waals surface area contributed by atoms with E-state index in [9.17, 15) is 13.2 Å². The van der Waals surface area contributed by atoms with Crippen LogP contribution in [0.15, 0.2) is 35.2 Å². The molecule has 0 aliphatic rings. The number of benzene rings is 1. The molecule has 0 bridgehead atoms. The molecular formula is C13H13F3N4S. The Bertz CT molecular complexity index is 631.